The Morgan fingerprint density at radius 2 is 1.59 bits per heavy atom. The van der Waals surface area contributed by atoms with Gasteiger partial charge in [-0.05, 0) is 72.4 Å². The molecule has 0 aliphatic carbocycles. The van der Waals surface area contributed by atoms with E-state index < -0.39 is 11.9 Å². The number of rotatable bonds is 5. The summed E-state index contributed by atoms with van der Waals surface area (Å²) in [6.45, 7) is 1.99. The molecule has 4 aromatic rings. The second kappa shape index (κ2) is 8.86. The Morgan fingerprint density at radius 3 is 2.25 bits per heavy atom. The van der Waals surface area contributed by atoms with E-state index in [2.05, 4.69) is 30.9 Å². The van der Waals surface area contributed by atoms with Crippen molar-refractivity contribution >= 4 is 15.9 Å². The van der Waals surface area contributed by atoms with Crippen molar-refractivity contribution in [3.05, 3.63) is 93.6 Å². The largest absolute Gasteiger partial charge is 0.433 e. The molecule has 2 aromatic heterocycles. The monoisotopic (exact) mass is 503 g/mol. The second-order valence-corrected chi connectivity index (χ2v) is 8.37. The number of aromatic nitrogens is 3. The zero-order chi connectivity index (χ0) is 22.9. The van der Waals surface area contributed by atoms with Gasteiger partial charge in [0.05, 0.1) is 11.9 Å². The lowest BCUT2D eigenvalue weighted by molar-refractivity contribution is -0.141. The van der Waals surface area contributed by atoms with Crippen molar-refractivity contribution in [2.45, 2.75) is 25.9 Å². The van der Waals surface area contributed by atoms with Crippen LogP contribution in [0.2, 0.25) is 0 Å². The van der Waals surface area contributed by atoms with Crippen LogP contribution in [0.5, 0.6) is 0 Å². The van der Waals surface area contributed by atoms with Crippen LogP contribution < -0.4 is 0 Å². The molecular weight excluding hydrogens is 486 g/mol. The molecule has 0 bridgehead atoms. The fraction of sp³-hybridized carbons (Fsp3) is 0.167. The Hall–Kier alpha value is -3.00. The van der Waals surface area contributed by atoms with Gasteiger partial charge in [0.2, 0.25) is 0 Å². The molecule has 0 atom stereocenters. The minimum absolute atomic E-state index is 0.226. The molecule has 0 aliphatic rings. The van der Waals surface area contributed by atoms with Crippen molar-refractivity contribution in [3.8, 4) is 22.6 Å². The highest BCUT2D eigenvalue weighted by Crippen LogP contribution is 2.29. The number of alkyl halides is 3. The van der Waals surface area contributed by atoms with Crippen LogP contribution in [0.1, 0.15) is 22.4 Å². The van der Waals surface area contributed by atoms with Gasteiger partial charge in [0.15, 0.2) is 0 Å². The van der Waals surface area contributed by atoms with Gasteiger partial charge in [-0.25, -0.2) is 9.37 Å². The summed E-state index contributed by atoms with van der Waals surface area (Å²) in [6, 6.07) is 13.3. The van der Waals surface area contributed by atoms with Gasteiger partial charge < -0.3 is 4.98 Å². The molecule has 2 heterocycles. The van der Waals surface area contributed by atoms with Gasteiger partial charge >= 0.3 is 6.18 Å². The smallest absolute Gasteiger partial charge is 0.338 e. The molecule has 0 aliphatic heterocycles. The highest BCUT2D eigenvalue weighted by molar-refractivity contribution is 9.10. The first-order valence-corrected chi connectivity index (χ1v) is 10.6. The molecule has 0 spiro atoms. The van der Waals surface area contributed by atoms with Crippen LogP contribution in [-0.4, -0.2) is 15.0 Å². The van der Waals surface area contributed by atoms with E-state index in [1.807, 2.05) is 31.2 Å². The number of imidazole rings is 1. The topological polar surface area (TPSA) is 41.6 Å². The maximum atomic E-state index is 14.1. The Kier molecular flexibility index (Phi) is 6.15. The normalized spacial score (nSPS) is 11.7. The zero-order valence-electron chi connectivity index (χ0n) is 17.0. The molecule has 8 heteroatoms. The lowest BCUT2D eigenvalue weighted by Crippen LogP contribution is -2.07. The van der Waals surface area contributed by atoms with Gasteiger partial charge in [-0.3, -0.25) is 4.98 Å². The van der Waals surface area contributed by atoms with Gasteiger partial charge in [0, 0.05) is 16.2 Å². The molecule has 164 valence electrons. The zero-order valence-corrected chi connectivity index (χ0v) is 18.6. The number of nitrogens with zero attached hydrogens (tertiary/aromatic N) is 2. The van der Waals surface area contributed by atoms with Crippen molar-refractivity contribution in [1.82, 2.24) is 15.0 Å². The summed E-state index contributed by atoms with van der Waals surface area (Å²) in [6.07, 6.45) is -0.389. The third-order valence-corrected chi connectivity index (χ3v) is 5.73. The van der Waals surface area contributed by atoms with Gasteiger partial charge in [-0.1, -0.05) is 34.1 Å². The van der Waals surface area contributed by atoms with Crippen LogP contribution in [0.15, 0.2) is 65.4 Å². The summed E-state index contributed by atoms with van der Waals surface area (Å²) in [5.41, 5.74) is 4.01. The summed E-state index contributed by atoms with van der Waals surface area (Å²) in [4.78, 5) is 10.9. The maximum absolute atomic E-state index is 14.1. The first-order valence-electron chi connectivity index (χ1n) is 9.83. The number of aromatic amines is 1. The molecule has 2 aromatic carbocycles. The second-order valence-electron chi connectivity index (χ2n) is 7.45. The Balaban J connectivity index is 1.49. The minimum Gasteiger partial charge on any atom is -0.338 e. The molecule has 0 amide bonds. The quantitative estimate of drug-likeness (QED) is 0.293. The fourth-order valence-corrected chi connectivity index (χ4v) is 3.79. The van der Waals surface area contributed by atoms with Crippen molar-refractivity contribution in [2.24, 2.45) is 0 Å². The molecule has 3 nitrogen and oxygen atoms in total. The maximum Gasteiger partial charge on any atom is 0.433 e. The number of H-pyrrole nitrogens is 1. The van der Waals surface area contributed by atoms with Crippen LogP contribution in [0.3, 0.4) is 0 Å². The third kappa shape index (κ3) is 4.91. The molecule has 0 fully saturated rings. The number of aryl methyl sites for hydroxylation is 3. The first kappa shape index (κ1) is 22.2. The van der Waals surface area contributed by atoms with Crippen LogP contribution in [-0.2, 0) is 19.0 Å². The molecule has 4 rings (SSSR count). The van der Waals surface area contributed by atoms with Crippen molar-refractivity contribution < 1.29 is 17.6 Å². The first-order chi connectivity index (χ1) is 15.2. The Bertz CT molecular complexity index is 1250. The fourth-order valence-electron chi connectivity index (χ4n) is 3.45. The highest BCUT2D eigenvalue weighted by atomic mass is 79.9. The minimum atomic E-state index is -4.48. The number of benzene rings is 2. The summed E-state index contributed by atoms with van der Waals surface area (Å²) < 4.78 is 52.9. The molecule has 0 saturated carbocycles. The van der Waals surface area contributed by atoms with Crippen molar-refractivity contribution in [1.29, 1.82) is 0 Å². The molecule has 1 N–H and O–H groups in total. The molecule has 32 heavy (non-hydrogen) atoms. The van der Waals surface area contributed by atoms with E-state index in [9.17, 15) is 17.6 Å². The van der Waals surface area contributed by atoms with E-state index in [0.29, 0.717) is 34.3 Å². The third-order valence-electron chi connectivity index (χ3n) is 5.24. The van der Waals surface area contributed by atoms with Gasteiger partial charge in [-0.15, -0.1) is 0 Å². The predicted molar refractivity (Wildman–Crippen MR) is 119 cm³/mol. The van der Waals surface area contributed by atoms with Crippen LogP contribution in [0.25, 0.3) is 22.6 Å². The van der Waals surface area contributed by atoms with E-state index in [1.54, 1.807) is 12.3 Å². The summed E-state index contributed by atoms with van der Waals surface area (Å²) in [5.74, 6) is 0.213. The van der Waals surface area contributed by atoms with E-state index in [-0.39, 0.29) is 5.82 Å². The van der Waals surface area contributed by atoms with Crippen molar-refractivity contribution in [2.75, 3.05) is 0 Å². The molecule has 0 saturated heterocycles. The summed E-state index contributed by atoms with van der Waals surface area (Å²) in [5, 5.41) is 0. The number of hydrogen-bond acceptors (Lipinski definition) is 2. The lowest BCUT2D eigenvalue weighted by Gasteiger charge is -2.09. The average Bonchev–Trinajstić information content (AvgIpc) is 3.24. The number of halogens is 5. The highest BCUT2D eigenvalue weighted by Gasteiger charge is 2.32. The van der Waals surface area contributed by atoms with Crippen LogP contribution >= 0.6 is 15.9 Å². The predicted octanol–water partition coefficient (Wildman–Crippen LogP) is 7.15. The molecular formula is C24H18BrF4N3. The summed E-state index contributed by atoms with van der Waals surface area (Å²) >= 11 is 3.26. The molecule has 0 unspecified atom stereocenters. The van der Waals surface area contributed by atoms with Crippen molar-refractivity contribution in [3.63, 3.8) is 0 Å². The number of pyridine rings is 1. The van der Waals surface area contributed by atoms with Crippen LogP contribution in [0.4, 0.5) is 17.6 Å². The Morgan fingerprint density at radius 1 is 0.875 bits per heavy atom. The summed E-state index contributed by atoms with van der Waals surface area (Å²) in [7, 11) is 0. The van der Waals surface area contributed by atoms with Crippen LogP contribution in [0, 0.1) is 12.7 Å². The number of nitrogens with one attached hydrogen (secondary N) is 1. The van der Waals surface area contributed by atoms with E-state index >= 15 is 0 Å². The van der Waals surface area contributed by atoms with Gasteiger partial charge in [-0.2, -0.15) is 13.2 Å². The van der Waals surface area contributed by atoms with E-state index in [0.717, 1.165) is 34.6 Å². The SMILES string of the molecule is Cc1cc(-c2cnc(-c3ccc(C(F)(F)F)nc3)[nH]2)ccc1CCc1ccc(Br)cc1F. The van der Waals surface area contributed by atoms with E-state index in [1.165, 1.54) is 12.1 Å². The van der Waals surface area contributed by atoms with Gasteiger partial charge in [0.25, 0.3) is 0 Å². The number of hydrogen-bond donors (Lipinski definition) is 1. The van der Waals surface area contributed by atoms with E-state index in [4.69, 9.17) is 0 Å². The standard InChI is InChI=1S/C24H18BrF4N3/c1-14-10-17(5-3-15(14)2-4-16-6-8-19(25)11-20(16)26)21-13-31-23(32-21)18-7-9-22(30-12-18)24(27,28)29/h3,5-13H,2,4H2,1H3,(H,31,32). The molecule has 0 radical (unpaired) electrons. The average molecular weight is 504 g/mol. The lowest BCUT2D eigenvalue weighted by atomic mass is 9.98. The Labute approximate surface area is 190 Å². The van der Waals surface area contributed by atoms with Gasteiger partial charge in [0.1, 0.15) is 17.3 Å².